The Labute approximate surface area is 120 Å². The summed E-state index contributed by atoms with van der Waals surface area (Å²) in [7, 11) is 0. The van der Waals surface area contributed by atoms with E-state index in [1.54, 1.807) is 0 Å². The van der Waals surface area contributed by atoms with Crippen LogP contribution >= 0.6 is 0 Å². The minimum Gasteiger partial charge on any atom is -0.475 e. The van der Waals surface area contributed by atoms with Gasteiger partial charge in [0.25, 0.3) is 0 Å². The number of carboxylic acid groups (broad SMARTS) is 1. The van der Waals surface area contributed by atoms with Gasteiger partial charge in [-0.1, -0.05) is 11.2 Å². The van der Waals surface area contributed by atoms with Crippen molar-refractivity contribution in [2.24, 2.45) is 0 Å². The summed E-state index contributed by atoms with van der Waals surface area (Å²) in [6.07, 6.45) is 2.42. The summed E-state index contributed by atoms with van der Waals surface area (Å²) >= 11 is 0. The topological polar surface area (TPSA) is 81.2 Å². The molecule has 1 aliphatic carbocycles. The van der Waals surface area contributed by atoms with E-state index in [0.29, 0.717) is 11.7 Å². The third-order valence-corrected chi connectivity index (χ3v) is 3.79. The number of benzene rings is 1. The van der Waals surface area contributed by atoms with Gasteiger partial charge in [0.1, 0.15) is 11.5 Å². The molecule has 1 aliphatic rings. The van der Waals surface area contributed by atoms with E-state index in [4.69, 9.17) is 9.63 Å². The van der Waals surface area contributed by atoms with Gasteiger partial charge < -0.3 is 14.2 Å². The number of aromatic nitrogens is 3. The molecule has 0 radical (unpaired) electrons. The van der Waals surface area contributed by atoms with Crippen molar-refractivity contribution in [3.8, 4) is 11.3 Å². The Bertz CT molecular complexity index is 858. The minimum absolute atomic E-state index is 0.162. The van der Waals surface area contributed by atoms with E-state index < -0.39 is 5.97 Å². The van der Waals surface area contributed by atoms with Gasteiger partial charge in [0.2, 0.25) is 5.76 Å². The molecule has 1 aromatic carbocycles. The minimum atomic E-state index is -1.12. The van der Waals surface area contributed by atoms with Crippen molar-refractivity contribution in [2.45, 2.75) is 25.8 Å². The number of fused-ring (bicyclic) bond motifs is 1. The fraction of sp³-hybridized carbons (Fsp3) is 0.267. The van der Waals surface area contributed by atoms with Crippen LogP contribution in [0.3, 0.4) is 0 Å². The fourth-order valence-electron chi connectivity index (χ4n) is 2.68. The van der Waals surface area contributed by atoms with Crippen LogP contribution < -0.4 is 0 Å². The normalized spacial score (nSPS) is 14.7. The smallest absolute Gasteiger partial charge is 0.374 e. The zero-order valence-corrected chi connectivity index (χ0v) is 11.4. The number of rotatable bonds is 3. The van der Waals surface area contributed by atoms with E-state index in [1.807, 2.05) is 25.1 Å². The molecule has 0 aliphatic heterocycles. The zero-order chi connectivity index (χ0) is 14.6. The van der Waals surface area contributed by atoms with Gasteiger partial charge in [-0.2, -0.15) is 0 Å². The lowest BCUT2D eigenvalue weighted by Crippen LogP contribution is -1.95. The lowest BCUT2D eigenvalue weighted by molar-refractivity contribution is 0.0652. The van der Waals surface area contributed by atoms with Gasteiger partial charge in [0, 0.05) is 17.7 Å². The summed E-state index contributed by atoms with van der Waals surface area (Å²) < 4.78 is 7.06. The monoisotopic (exact) mass is 283 g/mol. The number of hydrogen-bond acceptors (Lipinski definition) is 4. The molecular weight excluding hydrogens is 270 g/mol. The molecule has 0 unspecified atom stereocenters. The van der Waals surface area contributed by atoms with Crippen molar-refractivity contribution in [3.05, 3.63) is 35.9 Å². The zero-order valence-electron chi connectivity index (χ0n) is 11.4. The van der Waals surface area contributed by atoms with E-state index in [-0.39, 0.29) is 5.76 Å². The molecule has 0 bridgehead atoms. The molecule has 106 valence electrons. The third kappa shape index (κ3) is 1.91. The maximum Gasteiger partial charge on any atom is 0.374 e. The summed E-state index contributed by atoms with van der Waals surface area (Å²) in [5, 5.41) is 12.7. The Morgan fingerprint density at radius 3 is 2.86 bits per heavy atom. The number of carboxylic acids is 1. The first-order valence-electron chi connectivity index (χ1n) is 6.82. The highest BCUT2D eigenvalue weighted by molar-refractivity contribution is 5.87. The summed E-state index contributed by atoms with van der Waals surface area (Å²) in [4.78, 5) is 15.4. The molecule has 3 aromatic rings. The molecule has 0 amide bonds. The van der Waals surface area contributed by atoms with Crippen molar-refractivity contribution in [3.63, 3.8) is 0 Å². The predicted octanol–water partition coefficient (Wildman–Crippen LogP) is 3.03. The third-order valence-electron chi connectivity index (χ3n) is 3.79. The SMILES string of the molecule is Cc1nc2cc(-c3cc(C(=O)O)on3)ccc2n1C1CC1. The molecule has 1 fully saturated rings. The average molecular weight is 283 g/mol. The Kier molecular flexibility index (Phi) is 2.42. The quantitative estimate of drug-likeness (QED) is 0.799. The lowest BCUT2D eigenvalue weighted by atomic mass is 10.1. The first kappa shape index (κ1) is 12.1. The Balaban J connectivity index is 1.81. The summed E-state index contributed by atoms with van der Waals surface area (Å²) in [5.74, 6) is -0.274. The molecule has 2 aromatic heterocycles. The van der Waals surface area contributed by atoms with E-state index in [2.05, 4.69) is 14.7 Å². The number of imidazole rings is 1. The van der Waals surface area contributed by atoms with Crippen LogP contribution in [0.1, 0.15) is 35.3 Å². The molecule has 6 nitrogen and oxygen atoms in total. The second kappa shape index (κ2) is 4.18. The molecule has 0 spiro atoms. The highest BCUT2D eigenvalue weighted by Gasteiger charge is 2.27. The van der Waals surface area contributed by atoms with Crippen molar-refractivity contribution >= 4 is 17.0 Å². The Hall–Kier alpha value is -2.63. The average Bonchev–Trinajstić information content (AvgIpc) is 3.05. The van der Waals surface area contributed by atoms with Gasteiger partial charge in [-0.15, -0.1) is 0 Å². The Morgan fingerprint density at radius 1 is 1.38 bits per heavy atom. The predicted molar refractivity (Wildman–Crippen MR) is 75.2 cm³/mol. The molecular formula is C15H13N3O3. The largest absolute Gasteiger partial charge is 0.475 e. The maximum atomic E-state index is 10.8. The van der Waals surface area contributed by atoms with Crippen LogP contribution in [0.25, 0.3) is 22.3 Å². The first-order chi connectivity index (χ1) is 10.1. The van der Waals surface area contributed by atoms with Crippen molar-refractivity contribution in [1.82, 2.24) is 14.7 Å². The molecule has 4 rings (SSSR count). The van der Waals surface area contributed by atoms with Crippen LogP contribution in [0.15, 0.2) is 28.8 Å². The van der Waals surface area contributed by atoms with Crippen LogP contribution in [0.5, 0.6) is 0 Å². The number of aromatic carboxylic acids is 1. The van der Waals surface area contributed by atoms with Gasteiger partial charge in [-0.3, -0.25) is 0 Å². The van der Waals surface area contributed by atoms with Gasteiger partial charge in [-0.05, 0) is 31.9 Å². The molecule has 0 atom stereocenters. The molecule has 1 N–H and O–H groups in total. The maximum absolute atomic E-state index is 10.8. The molecule has 0 saturated heterocycles. The van der Waals surface area contributed by atoms with Gasteiger partial charge in [-0.25, -0.2) is 9.78 Å². The van der Waals surface area contributed by atoms with Crippen molar-refractivity contribution < 1.29 is 14.4 Å². The summed E-state index contributed by atoms with van der Waals surface area (Å²) in [6.45, 7) is 2.01. The van der Waals surface area contributed by atoms with Crippen LogP contribution in [0, 0.1) is 6.92 Å². The van der Waals surface area contributed by atoms with Crippen LogP contribution in [0.4, 0.5) is 0 Å². The van der Waals surface area contributed by atoms with E-state index >= 15 is 0 Å². The van der Waals surface area contributed by atoms with Crippen LogP contribution in [-0.4, -0.2) is 25.8 Å². The fourth-order valence-corrected chi connectivity index (χ4v) is 2.68. The first-order valence-corrected chi connectivity index (χ1v) is 6.82. The standard InChI is InChI=1S/C15H13N3O3/c1-8-16-12-6-9(11-7-14(15(19)20)21-17-11)2-5-13(12)18(8)10-3-4-10/h2,5-7,10H,3-4H2,1H3,(H,19,20). The summed E-state index contributed by atoms with van der Waals surface area (Å²) in [5.41, 5.74) is 3.32. The van der Waals surface area contributed by atoms with E-state index in [0.717, 1.165) is 22.4 Å². The van der Waals surface area contributed by atoms with Gasteiger partial charge in [0.05, 0.1) is 11.0 Å². The summed E-state index contributed by atoms with van der Waals surface area (Å²) in [6, 6.07) is 7.86. The van der Waals surface area contributed by atoms with Crippen molar-refractivity contribution in [2.75, 3.05) is 0 Å². The highest BCUT2D eigenvalue weighted by Crippen LogP contribution is 2.39. The lowest BCUT2D eigenvalue weighted by Gasteiger charge is -2.03. The highest BCUT2D eigenvalue weighted by atomic mass is 16.5. The number of carbonyl (C=O) groups is 1. The van der Waals surface area contributed by atoms with Gasteiger partial charge in [0.15, 0.2) is 0 Å². The second-order valence-corrected chi connectivity index (χ2v) is 5.35. The number of aryl methyl sites for hydroxylation is 1. The van der Waals surface area contributed by atoms with Crippen LogP contribution in [-0.2, 0) is 0 Å². The molecule has 2 heterocycles. The molecule has 21 heavy (non-hydrogen) atoms. The Morgan fingerprint density at radius 2 is 2.19 bits per heavy atom. The number of hydrogen-bond donors (Lipinski definition) is 1. The van der Waals surface area contributed by atoms with Crippen LogP contribution in [0.2, 0.25) is 0 Å². The van der Waals surface area contributed by atoms with E-state index in [9.17, 15) is 4.79 Å². The second-order valence-electron chi connectivity index (χ2n) is 5.35. The molecule has 1 saturated carbocycles. The van der Waals surface area contributed by atoms with Gasteiger partial charge >= 0.3 is 5.97 Å². The number of nitrogens with zero attached hydrogens (tertiary/aromatic N) is 3. The van der Waals surface area contributed by atoms with Crippen molar-refractivity contribution in [1.29, 1.82) is 0 Å². The molecule has 6 heteroatoms. The van der Waals surface area contributed by atoms with E-state index in [1.165, 1.54) is 18.9 Å².